The van der Waals surface area contributed by atoms with Gasteiger partial charge in [-0.1, -0.05) is 49.7 Å². The molecule has 3 heteroatoms. The van der Waals surface area contributed by atoms with E-state index in [1.807, 2.05) is 36.4 Å². The van der Waals surface area contributed by atoms with Gasteiger partial charge >= 0.3 is 0 Å². The van der Waals surface area contributed by atoms with Crippen molar-refractivity contribution < 1.29 is 4.74 Å². The van der Waals surface area contributed by atoms with Crippen LogP contribution >= 0.6 is 11.6 Å². The largest absolute Gasteiger partial charge is 0.489 e. The van der Waals surface area contributed by atoms with Crippen LogP contribution in [0.25, 0.3) is 0 Å². The Hall–Kier alpha value is -1.51. The van der Waals surface area contributed by atoms with E-state index in [4.69, 9.17) is 16.3 Å². The number of halogens is 1. The van der Waals surface area contributed by atoms with Crippen molar-refractivity contribution in [2.24, 2.45) is 0 Å². The van der Waals surface area contributed by atoms with Gasteiger partial charge in [-0.3, -0.25) is 0 Å². The summed E-state index contributed by atoms with van der Waals surface area (Å²) in [5.74, 6) is 0.889. The van der Waals surface area contributed by atoms with Gasteiger partial charge in [-0.2, -0.15) is 0 Å². The van der Waals surface area contributed by atoms with Crippen molar-refractivity contribution in [3.8, 4) is 5.75 Å². The van der Waals surface area contributed by atoms with Gasteiger partial charge in [0, 0.05) is 11.1 Å². The highest BCUT2D eigenvalue weighted by Gasteiger charge is 2.07. The Kier molecular flexibility index (Phi) is 6.09. The van der Waals surface area contributed by atoms with Gasteiger partial charge < -0.3 is 10.1 Å². The molecule has 1 atom stereocenters. The molecule has 0 aromatic heterocycles. The Bertz CT molecular complexity index is 536. The lowest BCUT2D eigenvalue weighted by Crippen LogP contribution is -2.19. The van der Waals surface area contributed by atoms with Crippen LogP contribution in [-0.2, 0) is 6.61 Å². The average Bonchev–Trinajstić information content (AvgIpc) is 2.53. The van der Waals surface area contributed by atoms with E-state index in [1.54, 1.807) is 0 Å². The Balaban J connectivity index is 1.94. The van der Waals surface area contributed by atoms with Gasteiger partial charge in [-0.25, -0.2) is 0 Å². The standard InChI is InChI=1S/C18H22ClNO/c1-3-18(20-4-2)15-7-11-17(12-8-15)21-13-14-5-9-16(19)10-6-14/h5-12,18,20H,3-4,13H2,1-2H3. The number of benzene rings is 2. The van der Waals surface area contributed by atoms with Crippen LogP contribution in [0.3, 0.4) is 0 Å². The molecule has 2 nitrogen and oxygen atoms in total. The molecule has 2 aromatic rings. The Morgan fingerprint density at radius 1 is 1.00 bits per heavy atom. The third-order valence-corrected chi connectivity index (χ3v) is 3.71. The van der Waals surface area contributed by atoms with Crippen molar-refractivity contribution >= 4 is 11.6 Å². The number of ether oxygens (including phenoxy) is 1. The van der Waals surface area contributed by atoms with Gasteiger partial charge in [0.25, 0.3) is 0 Å². The molecule has 0 fully saturated rings. The van der Waals surface area contributed by atoms with Crippen molar-refractivity contribution in [3.05, 3.63) is 64.7 Å². The summed E-state index contributed by atoms with van der Waals surface area (Å²) in [5.41, 5.74) is 2.42. The number of nitrogens with one attached hydrogen (secondary N) is 1. The third-order valence-electron chi connectivity index (χ3n) is 3.46. The van der Waals surface area contributed by atoms with Gasteiger partial charge in [0.05, 0.1) is 0 Å². The summed E-state index contributed by atoms with van der Waals surface area (Å²) in [6, 6.07) is 16.5. The lowest BCUT2D eigenvalue weighted by Gasteiger charge is -2.16. The van der Waals surface area contributed by atoms with E-state index in [1.165, 1.54) is 5.56 Å². The molecule has 0 aliphatic rings. The molecule has 0 saturated carbocycles. The van der Waals surface area contributed by atoms with E-state index in [0.717, 1.165) is 29.3 Å². The molecule has 2 rings (SSSR count). The molecule has 0 aliphatic carbocycles. The van der Waals surface area contributed by atoms with E-state index in [2.05, 4.69) is 31.3 Å². The van der Waals surface area contributed by atoms with Crippen LogP contribution in [0.2, 0.25) is 5.02 Å². The highest BCUT2D eigenvalue weighted by molar-refractivity contribution is 6.30. The molecule has 0 spiro atoms. The van der Waals surface area contributed by atoms with Crippen molar-refractivity contribution in [1.82, 2.24) is 5.32 Å². The molecule has 0 aliphatic heterocycles. The van der Waals surface area contributed by atoms with E-state index in [9.17, 15) is 0 Å². The van der Waals surface area contributed by atoms with Crippen molar-refractivity contribution in [2.45, 2.75) is 32.9 Å². The number of hydrogen-bond acceptors (Lipinski definition) is 2. The second kappa shape index (κ2) is 8.06. The number of rotatable bonds is 7. The first-order valence-electron chi connectivity index (χ1n) is 7.43. The Morgan fingerprint density at radius 3 is 2.24 bits per heavy atom. The molecule has 0 saturated heterocycles. The molecule has 1 unspecified atom stereocenters. The molecule has 0 heterocycles. The summed E-state index contributed by atoms with van der Waals surface area (Å²) < 4.78 is 5.80. The second-order valence-corrected chi connectivity index (χ2v) is 5.44. The lowest BCUT2D eigenvalue weighted by molar-refractivity contribution is 0.306. The van der Waals surface area contributed by atoms with Crippen LogP contribution in [0.5, 0.6) is 5.75 Å². The highest BCUT2D eigenvalue weighted by Crippen LogP contribution is 2.21. The van der Waals surface area contributed by atoms with Gasteiger partial charge in [0.1, 0.15) is 12.4 Å². The van der Waals surface area contributed by atoms with E-state index in [-0.39, 0.29) is 0 Å². The smallest absolute Gasteiger partial charge is 0.119 e. The maximum Gasteiger partial charge on any atom is 0.119 e. The summed E-state index contributed by atoms with van der Waals surface area (Å²) in [6.45, 7) is 5.86. The first-order valence-corrected chi connectivity index (χ1v) is 7.81. The van der Waals surface area contributed by atoms with Crippen LogP contribution in [-0.4, -0.2) is 6.54 Å². The Labute approximate surface area is 132 Å². The SMILES string of the molecule is CCNC(CC)c1ccc(OCc2ccc(Cl)cc2)cc1. The second-order valence-electron chi connectivity index (χ2n) is 5.00. The fraction of sp³-hybridized carbons (Fsp3) is 0.333. The predicted octanol–water partition coefficient (Wildman–Crippen LogP) is 4.98. The van der Waals surface area contributed by atoms with Gasteiger partial charge in [0.2, 0.25) is 0 Å². The average molecular weight is 304 g/mol. The molecule has 0 bridgehead atoms. The van der Waals surface area contributed by atoms with E-state index >= 15 is 0 Å². The maximum absolute atomic E-state index is 5.87. The fourth-order valence-electron chi connectivity index (χ4n) is 2.29. The normalized spacial score (nSPS) is 12.1. The minimum atomic E-state index is 0.417. The van der Waals surface area contributed by atoms with Crippen molar-refractivity contribution in [3.63, 3.8) is 0 Å². The van der Waals surface area contributed by atoms with Crippen molar-refractivity contribution in [1.29, 1.82) is 0 Å². The van der Waals surface area contributed by atoms with Gasteiger partial charge in [0.15, 0.2) is 0 Å². The topological polar surface area (TPSA) is 21.3 Å². The first-order chi connectivity index (χ1) is 10.2. The zero-order valence-corrected chi connectivity index (χ0v) is 13.4. The molecule has 0 amide bonds. The molecular weight excluding hydrogens is 282 g/mol. The van der Waals surface area contributed by atoms with Crippen LogP contribution in [0.1, 0.15) is 37.4 Å². The zero-order chi connectivity index (χ0) is 15.1. The molecule has 21 heavy (non-hydrogen) atoms. The molecule has 2 aromatic carbocycles. The minimum Gasteiger partial charge on any atom is -0.489 e. The van der Waals surface area contributed by atoms with Crippen molar-refractivity contribution in [2.75, 3.05) is 6.54 Å². The van der Waals surface area contributed by atoms with Gasteiger partial charge in [-0.05, 0) is 48.4 Å². The fourth-order valence-corrected chi connectivity index (χ4v) is 2.41. The molecule has 112 valence electrons. The van der Waals surface area contributed by atoms with Crippen LogP contribution in [0.15, 0.2) is 48.5 Å². The minimum absolute atomic E-state index is 0.417. The number of hydrogen-bond donors (Lipinski definition) is 1. The molecule has 1 N–H and O–H groups in total. The summed E-state index contributed by atoms with van der Waals surface area (Å²) in [6.07, 6.45) is 1.08. The summed E-state index contributed by atoms with van der Waals surface area (Å²) in [4.78, 5) is 0. The molecular formula is C18H22ClNO. The van der Waals surface area contributed by atoms with Crippen LogP contribution in [0.4, 0.5) is 0 Å². The van der Waals surface area contributed by atoms with Crippen LogP contribution in [0, 0.1) is 0 Å². The van der Waals surface area contributed by atoms with E-state index < -0.39 is 0 Å². The van der Waals surface area contributed by atoms with E-state index in [0.29, 0.717) is 12.6 Å². The predicted molar refractivity (Wildman–Crippen MR) is 88.9 cm³/mol. The van der Waals surface area contributed by atoms with Gasteiger partial charge in [-0.15, -0.1) is 0 Å². The third kappa shape index (κ3) is 4.76. The Morgan fingerprint density at radius 2 is 1.67 bits per heavy atom. The monoisotopic (exact) mass is 303 g/mol. The highest BCUT2D eigenvalue weighted by atomic mass is 35.5. The lowest BCUT2D eigenvalue weighted by atomic mass is 10.0. The summed E-state index contributed by atoms with van der Waals surface area (Å²) in [7, 11) is 0. The first kappa shape index (κ1) is 15.9. The maximum atomic E-state index is 5.87. The zero-order valence-electron chi connectivity index (χ0n) is 12.6. The summed E-state index contributed by atoms with van der Waals surface area (Å²) in [5, 5.41) is 4.23. The quantitative estimate of drug-likeness (QED) is 0.779. The van der Waals surface area contributed by atoms with Crippen LogP contribution < -0.4 is 10.1 Å². The summed E-state index contributed by atoms with van der Waals surface area (Å²) >= 11 is 5.87. The molecule has 0 radical (unpaired) electrons.